The maximum absolute atomic E-state index is 12.2. The van der Waals surface area contributed by atoms with Crippen molar-refractivity contribution >= 4 is 17.4 Å². The van der Waals surface area contributed by atoms with E-state index in [4.69, 9.17) is 4.74 Å². The molecule has 0 unspecified atom stereocenters. The minimum atomic E-state index is -0.311. The molecule has 2 N–H and O–H groups in total. The molecule has 0 aliphatic carbocycles. The molecule has 0 fully saturated rings. The van der Waals surface area contributed by atoms with Crippen LogP contribution in [-0.2, 0) is 0 Å². The number of carbonyl (C=O) groups is 1. The first kappa shape index (κ1) is 19.1. The molecule has 4 rings (SSSR count). The fourth-order valence-electron chi connectivity index (χ4n) is 2.96. The van der Waals surface area contributed by atoms with Gasteiger partial charge in [0.25, 0.3) is 0 Å². The van der Waals surface area contributed by atoms with E-state index in [0.717, 1.165) is 16.8 Å². The van der Waals surface area contributed by atoms with Crippen molar-refractivity contribution in [1.82, 2.24) is 20.0 Å². The predicted octanol–water partition coefficient (Wildman–Crippen LogP) is 4.72. The molecule has 0 saturated carbocycles. The molecule has 30 heavy (non-hydrogen) atoms. The third-order valence-corrected chi connectivity index (χ3v) is 4.18. The quantitative estimate of drug-likeness (QED) is 0.506. The molecule has 0 aliphatic heterocycles. The molecule has 2 heterocycles. The highest BCUT2D eigenvalue weighted by Gasteiger charge is 2.06. The molecule has 0 atom stereocenters. The summed E-state index contributed by atoms with van der Waals surface area (Å²) < 4.78 is 7.31. The van der Waals surface area contributed by atoms with Crippen LogP contribution in [0.2, 0.25) is 0 Å². The fraction of sp³-hybridized carbons (Fsp3) is 0.0909. The van der Waals surface area contributed by atoms with Crippen LogP contribution in [0.4, 0.5) is 16.2 Å². The zero-order valence-corrected chi connectivity index (χ0v) is 16.5. The lowest BCUT2D eigenvalue weighted by Crippen LogP contribution is -2.19. The Morgan fingerprint density at radius 2 is 1.63 bits per heavy atom. The van der Waals surface area contributed by atoms with Crippen LogP contribution in [0.5, 0.6) is 11.6 Å². The number of benzene rings is 2. The average molecular weight is 400 g/mol. The summed E-state index contributed by atoms with van der Waals surface area (Å²) in [6.45, 7) is 3.98. The highest BCUT2D eigenvalue weighted by atomic mass is 16.5. The third-order valence-electron chi connectivity index (χ3n) is 4.18. The van der Waals surface area contributed by atoms with Crippen molar-refractivity contribution in [2.24, 2.45) is 0 Å². The summed E-state index contributed by atoms with van der Waals surface area (Å²) in [4.78, 5) is 12.2. The van der Waals surface area contributed by atoms with Gasteiger partial charge in [-0.3, -0.25) is 0 Å². The second kappa shape index (κ2) is 8.44. The molecular formula is C22H20N6O2. The minimum Gasteiger partial charge on any atom is -0.438 e. The summed E-state index contributed by atoms with van der Waals surface area (Å²) in [5, 5.41) is 17.9. The molecule has 2 amide bonds. The number of carbonyl (C=O) groups excluding carboxylic acids is 1. The van der Waals surface area contributed by atoms with Gasteiger partial charge < -0.3 is 15.4 Å². The van der Waals surface area contributed by atoms with Crippen LogP contribution in [0, 0.1) is 13.8 Å². The van der Waals surface area contributed by atoms with E-state index < -0.39 is 0 Å². The number of ether oxygens (including phenoxy) is 1. The summed E-state index contributed by atoms with van der Waals surface area (Å²) in [5.41, 5.74) is 3.58. The summed E-state index contributed by atoms with van der Waals surface area (Å²) >= 11 is 0. The number of aryl methyl sites for hydroxylation is 2. The summed E-state index contributed by atoms with van der Waals surface area (Å²) in [7, 11) is 0. The molecule has 2 aromatic heterocycles. The van der Waals surface area contributed by atoms with E-state index in [1.54, 1.807) is 53.5 Å². The van der Waals surface area contributed by atoms with Gasteiger partial charge in [0.15, 0.2) is 5.82 Å². The highest BCUT2D eigenvalue weighted by molar-refractivity contribution is 5.99. The van der Waals surface area contributed by atoms with Gasteiger partial charge in [-0.05, 0) is 73.5 Å². The maximum atomic E-state index is 12.2. The first-order valence-electron chi connectivity index (χ1n) is 9.33. The van der Waals surface area contributed by atoms with Crippen molar-refractivity contribution in [2.45, 2.75) is 13.8 Å². The Bertz CT molecular complexity index is 1120. The van der Waals surface area contributed by atoms with E-state index in [0.29, 0.717) is 23.1 Å². The first-order chi connectivity index (χ1) is 14.5. The number of hydrogen-bond donors (Lipinski definition) is 2. The SMILES string of the molecule is Cc1cc(C)cc(NC(=O)Nc2ccc(Oc3ccc(-n4cccn4)nn3)cc2)c1. The highest BCUT2D eigenvalue weighted by Crippen LogP contribution is 2.22. The maximum Gasteiger partial charge on any atom is 0.323 e. The molecule has 0 radical (unpaired) electrons. The molecule has 2 aromatic carbocycles. The first-order valence-corrected chi connectivity index (χ1v) is 9.33. The van der Waals surface area contributed by atoms with Crippen LogP contribution >= 0.6 is 0 Å². The van der Waals surface area contributed by atoms with Crippen LogP contribution in [0.25, 0.3) is 5.82 Å². The molecule has 0 saturated heterocycles. The Balaban J connectivity index is 1.35. The monoisotopic (exact) mass is 400 g/mol. The summed E-state index contributed by atoms with van der Waals surface area (Å²) in [6, 6.07) is 17.9. The third kappa shape index (κ3) is 4.79. The number of urea groups is 1. The van der Waals surface area contributed by atoms with Crippen molar-refractivity contribution in [3.05, 3.63) is 84.2 Å². The largest absolute Gasteiger partial charge is 0.438 e. The number of amides is 2. The Labute approximate surface area is 173 Å². The van der Waals surface area contributed by atoms with Crippen molar-refractivity contribution < 1.29 is 9.53 Å². The lowest BCUT2D eigenvalue weighted by molar-refractivity contribution is 0.262. The van der Waals surface area contributed by atoms with Gasteiger partial charge in [-0.15, -0.1) is 10.2 Å². The minimum absolute atomic E-state index is 0.311. The number of hydrogen-bond acceptors (Lipinski definition) is 5. The predicted molar refractivity (Wildman–Crippen MR) is 114 cm³/mol. The number of aromatic nitrogens is 4. The van der Waals surface area contributed by atoms with Gasteiger partial charge in [-0.2, -0.15) is 5.10 Å². The fourth-order valence-corrected chi connectivity index (χ4v) is 2.96. The lowest BCUT2D eigenvalue weighted by atomic mass is 10.1. The molecule has 0 aliphatic rings. The van der Waals surface area contributed by atoms with Crippen LogP contribution in [0.3, 0.4) is 0 Å². The van der Waals surface area contributed by atoms with Crippen molar-refractivity contribution in [3.8, 4) is 17.4 Å². The smallest absolute Gasteiger partial charge is 0.323 e. The van der Waals surface area contributed by atoms with Gasteiger partial charge in [-0.25, -0.2) is 9.48 Å². The zero-order valence-electron chi connectivity index (χ0n) is 16.5. The van der Waals surface area contributed by atoms with E-state index in [2.05, 4.69) is 32.0 Å². The van der Waals surface area contributed by atoms with Gasteiger partial charge in [0.2, 0.25) is 5.88 Å². The van der Waals surface area contributed by atoms with Crippen LogP contribution in [0.15, 0.2) is 73.1 Å². The van der Waals surface area contributed by atoms with E-state index in [1.165, 1.54) is 0 Å². The number of nitrogens with zero attached hydrogens (tertiary/aromatic N) is 4. The van der Waals surface area contributed by atoms with E-state index >= 15 is 0 Å². The van der Waals surface area contributed by atoms with Gasteiger partial charge >= 0.3 is 6.03 Å². The van der Waals surface area contributed by atoms with Crippen LogP contribution in [-0.4, -0.2) is 26.0 Å². The second-order valence-corrected chi connectivity index (χ2v) is 6.76. The van der Waals surface area contributed by atoms with Gasteiger partial charge in [0, 0.05) is 29.8 Å². The number of rotatable bonds is 5. The Morgan fingerprint density at radius 1 is 0.900 bits per heavy atom. The van der Waals surface area contributed by atoms with E-state index in [9.17, 15) is 4.79 Å². The van der Waals surface area contributed by atoms with Crippen LogP contribution in [0.1, 0.15) is 11.1 Å². The molecule has 4 aromatic rings. The number of nitrogens with one attached hydrogen (secondary N) is 2. The lowest BCUT2D eigenvalue weighted by Gasteiger charge is -2.10. The van der Waals surface area contributed by atoms with E-state index in [-0.39, 0.29) is 6.03 Å². The molecule has 8 nitrogen and oxygen atoms in total. The van der Waals surface area contributed by atoms with Crippen molar-refractivity contribution in [3.63, 3.8) is 0 Å². The Kier molecular flexibility index (Phi) is 5.38. The Morgan fingerprint density at radius 3 is 2.27 bits per heavy atom. The topological polar surface area (TPSA) is 94.0 Å². The normalized spacial score (nSPS) is 10.5. The average Bonchev–Trinajstić information content (AvgIpc) is 3.24. The van der Waals surface area contributed by atoms with Gasteiger partial charge in [-0.1, -0.05) is 6.07 Å². The second-order valence-electron chi connectivity index (χ2n) is 6.76. The molecule has 0 bridgehead atoms. The zero-order chi connectivity index (χ0) is 20.9. The van der Waals surface area contributed by atoms with E-state index in [1.807, 2.05) is 32.0 Å². The molecular weight excluding hydrogens is 380 g/mol. The van der Waals surface area contributed by atoms with Crippen LogP contribution < -0.4 is 15.4 Å². The molecule has 8 heteroatoms. The Hall–Kier alpha value is -4.20. The van der Waals surface area contributed by atoms with Gasteiger partial charge in [0.05, 0.1) is 0 Å². The standard InChI is InChI=1S/C22H20N6O2/c1-15-12-16(2)14-18(13-15)25-22(29)24-17-4-6-19(7-5-17)30-21-9-8-20(26-27-21)28-11-3-10-23-28/h3-14H,1-2H3,(H2,24,25,29). The molecule has 150 valence electrons. The van der Waals surface area contributed by atoms with Crippen molar-refractivity contribution in [1.29, 1.82) is 0 Å². The summed E-state index contributed by atoms with van der Waals surface area (Å²) in [5.74, 6) is 1.54. The summed E-state index contributed by atoms with van der Waals surface area (Å²) in [6.07, 6.45) is 3.45. The number of anilines is 2. The van der Waals surface area contributed by atoms with Crippen molar-refractivity contribution in [2.75, 3.05) is 10.6 Å². The molecule has 0 spiro atoms. The van der Waals surface area contributed by atoms with Gasteiger partial charge in [0.1, 0.15) is 5.75 Å².